The van der Waals surface area contributed by atoms with Crippen LogP contribution in [0.2, 0.25) is 0 Å². The van der Waals surface area contributed by atoms with Crippen LogP contribution in [0.15, 0.2) is 18.2 Å². The molecule has 1 aromatic carbocycles. The summed E-state index contributed by atoms with van der Waals surface area (Å²) in [7, 11) is 2.14. The Morgan fingerprint density at radius 1 is 1.20 bits per heavy atom. The van der Waals surface area contributed by atoms with E-state index in [4.69, 9.17) is 0 Å². The predicted molar refractivity (Wildman–Crippen MR) is 88.2 cm³/mol. The normalized spacial score (nSPS) is 26.7. The van der Waals surface area contributed by atoms with Gasteiger partial charge in [-0.3, -0.25) is 0 Å². The van der Waals surface area contributed by atoms with Gasteiger partial charge in [-0.2, -0.15) is 0 Å². The fraction of sp³-hybridized carbons (Fsp3) is 0.684. The van der Waals surface area contributed by atoms with Gasteiger partial charge in [0.2, 0.25) is 0 Å². The van der Waals surface area contributed by atoms with Gasteiger partial charge < -0.3 is 5.32 Å². The van der Waals surface area contributed by atoms with Crippen molar-refractivity contribution in [2.75, 3.05) is 7.05 Å². The Hall–Kier alpha value is -0.820. The molecule has 0 aliphatic heterocycles. The van der Waals surface area contributed by atoms with E-state index in [0.29, 0.717) is 6.04 Å². The minimum Gasteiger partial charge on any atom is -0.317 e. The van der Waals surface area contributed by atoms with Crippen molar-refractivity contribution in [1.82, 2.24) is 5.32 Å². The van der Waals surface area contributed by atoms with Crippen LogP contribution in [0.3, 0.4) is 0 Å². The van der Waals surface area contributed by atoms with Gasteiger partial charge in [0, 0.05) is 6.04 Å². The average Bonchev–Trinajstić information content (AvgIpc) is 2.44. The number of hydrogen-bond acceptors (Lipinski definition) is 1. The van der Waals surface area contributed by atoms with E-state index in [1.807, 2.05) is 0 Å². The highest BCUT2D eigenvalue weighted by Gasteiger charge is 2.29. The van der Waals surface area contributed by atoms with E-state index in [1.165, 1.54) is 49.7 Å². The van der Waals surface area contributed by atoms with Gasteiger partial charge in [-0.1, -0.05) is 43.5 Å². The second-order valence-electron chi connectivity index (χ2n) is 6.76. The van der Waals surface area contributed by atoms with Crippen LogP contribution in [0.1, 0.15) is 55.7 Å². The molecule has 1 fully saturated rings. The number of nitrogens with one attached hydrogen (secondary N) is 1. The van der Waals surface area contributed by atoms with Gasteiger partial charge in [-0.15, -0.1) is 0 Å². The number of rotatable bonds is 5. The first-order valence-electron chi connectivity index (χ1n) is 8.37. The van der Waals surface area contributed by atoms with Crippen LogP contribution in [-0.2, 0) is 6.42 Å². The molecule has 0 spiro atoms. The molecule has 0 saturated heterocycles. The van der Waals surface area contributed by atoms with Crippen molar-refractivity contribution < 1.29 is 0 Å². The standard InChI is InChI=1S/C19H31N/c1-5-6-16-9-10-19(20-4)18(12-16)13-17-11-14(2)7-8-15(17)3/h7-8,11,16,18-20H,5-6,9-10,12-13H2,1-4H3. The zero-order valence-corrected chi connectivity index (χ0v) is 13.7. The molecule has 0 radical (unpaired) electrons. The lowest BCUT2D eigenvalue weighted by Crippen LogP contribution is -2.39. The fourth-order valence-corrected chi connectivity index (χ4v) is 3.94. The van der Waals surface area contributed by atoms with Gasteiger partial charge in [0.15, 0.2) is 0 Å². The van der Waals surface area contributed by atoms with E-state index < -0.39 is 0 Å². The molecule has 1 N–H and O–H groups in total. The topological polar surface area (TPSA) is 12.0 Å². The van der Waals surface area contributed by atoms with Gasteiger partial charge in [0.25, 0.3) is 0 Å². The van der Waals surface area contributed by atoms with E-state index >= 15 is 0 Å². The monoisotopic (exact) mass is 273 g/mol. The molecule has 1 aliphatic carbocycles. The van der Waals surface area contributed by atoms with E-state index in [1.54, 1.807) is 5.56 Å². The number of hydrogen-bond donors (Lipinski definition) is 1. The average molecular weight is 273 g/mol. The fourth-order valence-electron chi connectivity index (χ4n) is 3.94. The highest BCUT2D eigenvalue weighted by Crippen LogP contribution is 2.34. The van der Waals surface area contributed by atoms with Gasteiger partial charge in [0.05, 0.1) is 0 Å². The molecule has 0 heterocycles. The van der Waals surface area contributed by atoms with Gasteiger partial charge >= 0.3 is 0 Å². The summed E-state index contributed by atoms with van der Waals surface area (Å²) in [6.45, 7) is 6.79. The van der Waals surface area contributed by atoms with Crippen LogP contribution in [0.5, 0.6) is 0 Å². The number of benzene rings is 1. The van der Waals surface area contributed by atoms with Crippen molar-refractivity contribution in [3.05, 3.63) is 34.9 Å². The van der Waals surface area contributed by atoms with E-state index in [-0.39, 0.29) is 0 Å². The van der Waals surface area contributed by atoms with Crippen molar-refractivity contribution in [2.45, 2.75) is 65.3 Å². The first kappa shape index (κ1) is 15.6. The molecule has 2 rings (SSSR count). The minimum absolute atomic E-state index is 0.711. The largest absolute Gasteiger partial charge is 0.317 e. The van der Waals surface area contributed by atoms with Gasteiger partial charge in [0.1, 0.15) is 0 Å². The zero-order valence-electron chi connectivity index (χ0n) is 13.7. The lowest BCUT2D eigenvalue weighted by atomic mass is 9.73. The molecular weight excluding hydrogens is 242 g/mol. The Morgan fingerprint density at radius 3 is 2.70 bits per heavy atom. The third-order valence-corrected chi connectivity index (χ3v) is 5.15. The molecule has 1 nitrogen and oxygen atoms in total. The van der Waals surface area contributed by atoms with Gasteiger partial charge in [-0.05, 0) is 69.5 Å². The molecule has 3 unspecified atom stereocenters. The van der Waals surface area contributed by atoms with Crippen molar-refractivity contribution >= 4 is 0 Å². The molecule has 0 bridgehead atoms. The van der Waals surface area contributed by atoms with Crippen LogP contribution in [-0.4, -0.2) is 13.1 Å². The molecule has 1 aromatic rings. The van der Waals surface area contributed by atoms with E-state index in [9.17, 15) is 0 Å². The van der Waals surface area contributed by atoms with Crippen molar-refractivity contribution in [2.24, 2.45) is 11.8 Å². The highest BCUT2D eigenvalue weighted by molar-refractivity contribution is 5.31. The third kappa shape index (κ3) is 3.85. The SMILES string of the molecule is CCCC1CCC(NC)C(Cc2cc(C)ccc2C)C1. The Kier molecular flexibility index (Phi) is 5.65. The molecule has 112 valence electrons. The number of aryl methyl sites for hydroxylation is 2. The minimum atomic E-state index is 0.711. The maximum atomic E-state index is 3.57. The molecule has 3 atom stereocenters. The van der Waals surface area contributed by atoms with Crippen molar-refractivity contribution in [1.29, 1.82) is 0 Å². The lowest BCUT2D eigenvalue weighted by Gasteiger charge is -2.36. The summed E-state index contributed by atoms with van der Waals surface area (Å²) >= 11 is 0. The first-order valence-corrected chi connectivity index (χ1v) is 8.37. The summed E-state index contributed by atoms with van der Waals surface area (Å²) in [5.74, 6) is 1.77. The Morgan fingerprint density at radius 2 is 2.00 bits per heavy atom. The zero-order chi connectivity index (χ0) is 14.5. The van der Waals surface area contributed by atoms with Crippen molar-refractivity contribution in [3.63, 3.8) is 0 Å². The van der Waals surface area contributed by atoms with Gasteiger partial charge in [-0.25, -0.2) is 0 Å². The summed E-state index contributed by atoms with van der Waals surface area (Å²) in [5.41, 5.74) is 4.42. The summed E-state index contributed by atoms with van der Waals surface area (Å²) in [6, 6.07) is 7.62. The molecule has 1 heteroatoms. The second kappa shape index (κ2) is 7.26. The molecule has 0 aromatic heterocycles. The third-order valence-electron chi connectivity index (χ3n) is 5.15. The Labute approximate surface area is 125 Å². The Bertz CT molecular complexity index is 424. The molecule has 1 aliphatic rings. The molecular formula is C19H31N. The van der Waals surface area contributed by atoms with E-state index in [2.05, 4.69) is 51.3 Å². The van der Waals surface area contributed by atoms with Crippen LogP contribution < -0.4 is 5.32 Å². The lowest BCUT2D eigenvalue weighted by molar-refractivity contribution is 0.200. The molecule has 1 saturated carbocycles. The second-order valence-corrected chi connectivity index (χ2v) is 6.76. The first-order chi connectivity index (χ1) is 9.63. The summed E-state index contributed by atoms with van der Waals surface area (Å²) < 4.78 is 0. The van der Waals surface area contributed by atoms with E-state index in [0.717, 1.165) is 11.8 Å². The maximum absolute atomic E-state index is 3.57. The van der Waals surface area contributed by atoms with Crippen LogP contribution >= 0.6 is 0 Å². The molecule has 0 amide bonds. The van der Waals surface area contributed by atoms with Crippen LogP contribution in [0.25, 0.3) is 0 Å². The summed E-state index contributed by atoms with van der Waals surface area (Å²) in [4.78, 5) is 0. The highest BCUT2D eigenvalue weighted by atomic mass is 14.9. The maximum Gasteiger partial charge on any atom is 0.00957 e. The smallest absolute Gasteiger partial charge is 0.00957 e. The summed E-state index contributed by atoms with van der Waals surface area (Å²) in [6.07, 6.45) is 8.19. The predicted octanol–water partition coefficient (Wildman–Crippen LogP) is 4.65. The Balaban J connectivity index is 2.09. The molecule has 20 heavy (non-hydrogen) atoms. The van der Waals surface area contributed by atoms with Crippen molar-refractivity contribution in [3.8, 4) is 0 Å². The van der Waals surface area contributed by atoms with Crippen LogP contribution in [0, 0.1) is 25.7 Å². The quantitative estimate of drug-likeness (QED) is 0.823. The van der Waals surface area contributed by atoms with Crippen LogP contribution in [0.4, 0.5) is 0 Å². The summed E-state index contributed by atoms with van der Waals surface area (Å²) in [5, 5.41) is 3.57.